The molecule has 0 saturated carbocycles. The number of anilines is 2. The molecule has 0 unspecified atom stereocenters. The number of hydrogen-bond acceptors (Lipinski definition) is 7. The van der Waals surface area contributed by atoms with Crippen LogP contribution < -0.4 is 16.2 Å². The predicted molar refractivity (Wildman–Crippen MR) is 78.1 cm³/mol. The molecule has 0 amide bonds. The molecular formula is C12H16N6S. The molecule has 6 nitrogen and oxygen atoms in total. The van der Waals surface area contributed by atoms with Gasteiger partial charge in [0.25, 0.3) is 0 Å². The lowest BCUT2D eigenvalue weighted by molar-refractivity contribution is 0.814. The summed E-state index contributed by atoms with van der Waals surface area (Å²) in [6.45, 7) is 5.52. The Labute approximate surface area is 115 Å². The lowest BCUT2D eigenvalue weighted by Crippen LogP contribution is -2.25. The maximum absolute atomic E-state index is 8.74. The molecule has 0 fully saturated rings. The van der Waals surface area contributed by atoms with Gasteiger partial charge in [-0.2, -0.15) is 10.2 Å². The van der Waals surface area contributed by atoms with Gasteiger partial charge in [-0.1, -0.05) is 0 Å². The number of aromatic nitrogens is 2. The highest BCUT2D eigenvalue weighted by Gasteiger charge is 2.15. The molecule has 2 rings (SSSR count). The number of nitriles is 1. The first-order valence-corrected chi connectivity index (χ1v) is 6.88. The first kappa shape index (κ1) is 13.5. The summed E-state index contributed by atoms with van der Waals surface area (Å²) in [4.78, 5) is 12.9. The molecule has 7 heteroatoms. The molecule has 0 saturated heterocycles. The molecule has 0 aromatic carbocycles. The zero-order valence-electron chi connectivity index (χ0n) is 11.0. The molecule has 0 aliphatic rings. The van der Waals surface area contributed by atoms with Gasteiger partial charge in [-0.25, -0.2) is 10.8 Å². The van der Waals surface area contributed by atoms with E-state index in [1.54, 1.807) is 11.3 Å². The van der Waals surface area contributed by atoms with Gasteiger partial charge in [0, 0.05) is 18.0 Å². The standard InChI is InChI=1S/C12H16N6S/c1-3-18(6-4-5-13)10-9-7-8(2)19-11(9)16-12(15-10)17-14/h7H,3-4,6,14H2,1-2H3,(H,15,16,17). The van der Waals surface area contributed by atoms with Crippen molar-refractivity contribution in [1.29, 1.82) is 5.26 Å². The molecule has 19 heavy (non-hydrogen) atoms. The van der Waals surface area contributed by atoms with E-state index in [-0.39, 0.29) is 0 Å². The van der Waals surface area contributed by atoms with Gasteiger partial charge in [-0.05, 0) is 19.9 Å². The van der Waals surface area contributed by atoms with Gasteiger partial charge in [0.1, 0.15) is 10.6 Å². The largest absolute Gasteiger partial charge is 0.355 e. The second-order valence-electron chi connectivity index (χ2n) is 4.08. The Balaban J connectivity index is 2.52. The number of rotatable bonds is 5. The van der Waals surface area contributed by atoms with Crippen LogP contribution in [0.1, 0.15) is 18.2 Å². The fraction of sp³-hybridized carbons (Fsp3) is 0.417. The highest BCUT2D eigenvalue weighted by atomic mass is 32.1. The molecule has 3 N–H and O–H groups in total. The quantitative estimate of drug-likeness (QED) is 0.641. The van der Waals surface area contributed by atoms with Gasteiger partial charge >= 0.3 is 0 Å². The van der Waals surface area contributed by atoms with Gasteiger partial charge in [-0.3, -0.25) is 5.43 Å². The molecule has 2 heterocycles. The number of nitrogen functional groups attached to an aromatic ring is 1. The van der Waals surface area contributed by atoms with Crippen LogP contribution in [0.4, 0.5) is 11.8 Å². The first-order valence-electron chi connectivity index (χ1n) is 6.06. The molecule has 0 bridgehead atoms. The normalized spacial score (nSPS) is 10.4. The maximum Gasteiger partial charge on any atom is 0.240 e. The van der Waals surface area contributed by atoms with E-state index in [0.717, 1.165) is 22.6 Å². The molecule has 0 aliphatic heterocycles. The number of hydrogen-bond donors (Lipinski definition) is 2. The number of fused-ring (bicyclic) bond motifs is 1. The lowest BCUT2D eigenvalue weighted by atomic mass is 10.3. The van der Waals surface area contributed by atoms with Crippen LogP contribution in [0.25, 0.3) is 10.2 Å². The molecule has 0 aliphatic carbocycles. The second-order valence-corrected chi connectivity index (χ2v) is 5.31. The van der Waals surface area contributed by atoms with E-state index in [1.165, 1.54) is 4.88 Å². The van der Waals surface area contributed by atoms with Crippen LogP contribution in [0, 0.1) is 18.3 Å². The van der Waals surface area contributed by atoms with Crippen molar-refractivity contribution in [2.45, 2.75) is 20.3 Å². The zero-order valence-corrected chi connectivity index (χ0v) is 11.8. The monoisotopic (exact) mass is 276 g/mol. The van der Waals surface area contributed by atoms with Gasteiger partial charge in [0.2, 0.25) is 5.95 Å². The number of aryl methyl sites for hydroxylation is 1. The SMILES string of the molecule is CCN(CCC#N)c1nc(NN)nc2sc(C)cc12. The van der Waals surface area contributed by atoms with E-state index >= 15 is 0 Å². The Kier molecular flexibility index (Phi) is 4.14. The van der Waals surface area contributed by atoms with Crippen molar-refractivity contribution >= 4 is 33.3 Å². The zero-order chi connectivity index (χ0) is 13.8. The topological polar surface area (TPSA) is 90.9 Å². The molecular weight excluding hydrogens is 260 g/mol. The average molecular weight is 276 g/mol. The Morgan fingerprint density at radius 1 is 1.53 bits per heavy atom. The summed E-state index contributed by atoms with van der Waals surface area (Å²) in [6, 6.07) is 4.24. The lowest BCUT2D eigenvalue weighted by Gasteiger charge is -2.21. The van der Waals surface area contributed by atoms with E-state index in [9.17, 15) is 0 Å². The summed E-state index contributed by atoms with van der Waals surface area (Å²) < 4.78 is 0. The molecule has 2 aromatic heterocycles. The second kappa shape index (κ2) is 5.82. The fourth-order valence-corrected chi connectivity index (χ4v) is 2.81. The molecule has 2 aromatic rings. The van der Waals surface area contributed by atoms with Crippen LogP contribution in [0.3, 0.4) is 0 Å². The Bertz CT molecular complexity index is 614. The number of thiophene rings is 1. The molecule has 100 valence electrons. The Morgan fingerprint density at radius 3 is 2.95 bits per heavy atom. The van der Waals surface area contributed by atoms with Crippen LogP contribution in [0.15, 0.2) is 6.07 Å². The Morgan fingerprint density at radius 2 is 2.32 bits per heavy atom. The first-order chi connectivity index (χ1) is 9.19. The van der Waals surface area contributed by atoms with Crippen molar-refractivity contribution in [3.05, 3.63) is 10.9 Å². The van der Waals surface area contributed by atoms with Crippen LogP contribution in [0.2, 0.25) is 0 Å². The van der Waals surface area contributed by atoms with E-state index in [4.69, 9.17) is 11.1 Å². The van der Waals surface area contributed by atoms with Crippen molar-refractivity contribution in [3.8, 4) is 6.07 Å². The van der Waals surface area contributed by atoms with Crippen molar-refractivity contribution < 1.29 is 0 Å². The highest BCUT2D eigenvalue weighted by Crippen LogP contribution is 2.31. The van der Waals surface area contributed by atoms with E-state index in [0.29, 0.717) is 18.9 Å². The van der Waals surface area contributed by atoms with E-state index < -0.39 is 0 Å². The number of nitrogens with one attached hydrogen (secondary N) is 1. The van der Waals surface area contributed by atoms with Crippen molar-refractivity contribution in [2.75, 3.05) is 23.4 Å². The summed E-state index contributed by atoms with van der Waals surface area (Å²) in [5.74, 6) is 6.65. The highest BCUT2D eigenvalue weighted by molar-refractivity contribution is 7.18. The summed E-state index contributed by atoms with van der Waals surface area (Å²) in [7, 11) is 0. The number of hydrazine groups is 1. The summed E-state index contributed by atoms with van der Waals surface area (Å²) in [5.41, 5.74) is 2.50. The minimum Gasteiger partial charge on any atom is -0.355 e. The third-order valence-electron chi connectivity index (χ3n) is 2.80. The molecule has 0 radical (unpaired) electrons. The van der Waals surface area contributed by atoms with Gasteiger partial charge < -0.3 is 4.90 Å². The number of nitrogens with zero attached hydrogens (tertiary/aromatic N) is 4. The van der Waals surface area contributed by atoms with Gasteiger partial charge in [0.05, 0.1) is 17.9 Å². The van der Waals surface area contributed by atoms with Crippen LogP contribution in [0.5, 0.6) is 0 Å². The average Bonchev–Trinajstić information content (AvgIpc) is 2.79. The van der Waals surface area contributed by atoms with E-state index in [2.05, 4.69) is 32.4 Å². The minimum absolute atomic E-state index is 0.403. The van der Waals surface area contributed by atoms with Crippen LogP contribution in [-0.2, 0) is 0 Å². The molecule has 0 spiro atoms. The fourth-order valence-electron chi connectivity index (χ4n) is 1.93. The van der Waals surface area contributed by atoms with Crippen LogP contribution >= 0.6 is 11.3 Å². The summed E-state index contributed by atoms with van der Waals surface area (Å²) in [5, 5.41) is 9.75. The minimum atomic E-state index is 0.403. The van der Waals surface area contributed by atoms with Crippen LogP contribution in [-0.4, -0.2) is 23.1 Å². The summed E-state index contributed by atoms with van der Waals surface area (Å²) in [6.07, 6.45) is 0.466. The van der Waals surface area contributed by atoms with Crippen molar-refractivity contribution in [3.63, 3.8) is 0 Å². The molecule has 0 atom stereocenters. The third-order valence-corrected chi connectivity index (χ3v) is 3.74. The third kappa shape index (κ3) is 2.75. The van der Waals surface area contributed by atoms with Crippen molar-refractivity contribution in [2.24, 2.45) is 5.84 Å². The van der Waals surface area contributed by atoms with Gasteiger partial charge in [-0.15, -0.1) is 11.3 Å². The van der Waals surface area contributed by atoms with Crippen molar-refractivity contribution in [1.82, 2.24) is 9.97 Å². The number of nitrogens with two attached hydrogens (primary N) is 1. The Hall–Kier alpha value is -1.91. The maximum atomic E-state index is 8.74. The van der Waals surface area contributed by atoms with E-state index in [1.807, 2.05) is 13.8 Å². The predicted octanol–water partition coefficient (Wildman–Crippen LogP) is 2.03. The summed E-state index contributed by atoms with van der Waals surface area (Å²) >= 11 is 1.61. The van der Waals surface area contributed by atoms with Gasteiger partial charge in [0.15, 0.2) is 0 Å². The smallest absolute Gasteiger partial charge is 0.240 e.